The Hall–Kier alpha value is -0.570. The van der Waals surface area contributed by atoms with Gasteiger partial charge in [-0.15, -0.1) is 0 Å². The molecule has 3 heteroatoms. The van der Waals surface area contributed by atoms with Crippen LogP contribution in [0.4, 0.5) is 0 Å². The van der Waals surface area contributed by atoms with Crippen molar-refractivity contribution in [3.8, 4) is 0 Å². The highest BCUT2D eigenvalue weighted by atomic mass is 16.6. The van der Waals surface area contributed by atoms with Crippen molar-refractivity contribution < 1.29 is 9.53 Å². The van der Waals surface area contributed by atoms with E-state index < -0.39 is 0 Å². The first-order valence-corrected chi connectivity index (χ1v) is 4.74. The lowest BCUT2D eigenvalue weighted by Crippen LogP contribution is -2.26. The van der Waals surface area contributed by atoms with Gasteiger partial charge < -0.3 is 10.1 Å². The van der Waals surface area contributed by atoms with Gasteiger partial charge >= 0.3 is 5.97 Å². The van der Waals surface area contributed by atoms with E-state index in [-0.39, 0.29) is 11.6 Å². The summed E-state index contributed by atoms with van der Waals surface area (Å²) in [5.41, 5.74) is -0.361. The van der Waals surface area contributed by atoms with Gasteiger partial charge in [0.05, 0.1) is 0 Å². The minimum Gasteiger partial charge on any atom is -0.460 e. The summed E-state index contributed by atoms with van der Waals surface area (Å²) in [6, 6.07) is 0.368. The lowest BCUT2D eigenvalue weighted by molar-refractivity contribution is -0.155. The van der Waals surface area contributed by atoms with Crippen molar-refractivity contribution >= 4 is 5.97 Å². The maximum atomic E-state index is 11.2. The van der Waals surface area contributed by atoms with Crippen molar-refractivity contribution in [3.05, 3.63) is 0 Å². The van der Waals surface area contributed by atoms with Crippen LogP contribution in [0.2, 0.25) is 0 Å². The van der Waals surface area contributed by atoms with Gasteiger partial charge in [0, 0.05) is 12.5 Å². The molecule has 0 amide bonds. The molecule has 0 aromatic rings. The molecule has 0 aliphatic carbocycles. The molecule has 0 aliphatic heterocycles. The third-order valence-electron chi connectivity index (χ3n) is 1.69. The molecule has 0 heterocycles. The van der Waals surface area contributed by atoms with Gasteiger partial charge in [0.1, 0.15) is 5.60 Å². The number of ether oxygens (including phenoxy) is 1. The fraction of sp³-hybridized carbons (Fsp3) is 0.900. The summed E-state index contributed by atoms with van der Waals surface area (Å²) in [7, 11) is 1.89. The van der Waals surface area contributed by atoms with Crippen LogP contribution in [0.1, 0.15) is 40.5 Å². The van der Waals surface area contributed by atoms with Gasteiger partial charge in [0.2, 0.25) is 0 Å². The summed E-state index contributed by atoms with van der Waals surface area (Å²) >= 11 is 0. The molecule has 1 N–H and O–H groups in total. The fourth-order valence-electron chi connectivity index (χ4n) is 0.871. The zero-order valence-corrected chi connectivity index (χ0v) is 9.31. The van der Waals surface area contributed by atoms with Crippen LogP contribution in [-0.2, 0) is 9.53 Å². The van der Waals surface area contributed by atoms with E-state index in [4.69, 9.17) is 4.74 Å². The Balaban J connectivity index is 3.64. The summed E-state index contributed by atoms with van der Waals surface area (Å²) < 4.78 is 5.17. The zero-order valence-electron chi connectivity index (χ0n) is 9.31. The summed E-state index contributed by atoms with van der Waals surface area (Å²) in [6.07, 6.45) is 1.31. The number of esters is 1. The summed E-state index contributed by atoms with van der Waals surface area (Å²) in [4.78, 5) is 11.2. The van der Waals surface area contributed by atoms with Gasteiger partial charge in [-0.2, -0.15) is 0 Å². The number of hydrogen-bond donors (Lipinski definition) is 1. The van der Waals surface area contributed by atoms with Crippen LogP contribution in [-0.4, -0.2) is 24.7 Å². The molecule has 1 atom stereocenters. The Morgan fingerprint density at radius 1 is 1.46 bits per heavy atom. The standard InChI is InChI=1S/C10H21NO2/c1-8(11-5)6-7-9(12)13-10(2,3)4/h8,11H,6-7H2,1-5H3. The SMILES string of the molecule is CNC(C)CCC(=O)OC(C)(C)C. The maximum absolute atomic E-state index is 11.2. The number of nitrogens with one attached hydrogen (secondary N) is 1. The molecule has 0 radical (unpaired) electrons. The molecular weight excluding hydrogens is 166 g/mol. The predicted octanol–water partition coefficient (Wildman–Crippen LogP) is 1.72. The van der Waals surface area contributed by atoms with Crippen molar-refractivity contribution in [1.82, 2.24) is 5.32 Å². The Kier molecular flexibility index (Phi) is 4.99. The number of rotatable bonds is 4. The lowest BCUT2D eigenvalue weighted by Gasteiger charge is -2.20. The molecule has 0 saturated heterocycles. The van der Waals surface area contributed by atoms with Crippen molar-refractivity contribution in [1.29, 1.82) is 0 Å². The summed E-state index contributed by atoms with van der Waals surface area (Å²) in [6.45, 7) is 7.69. The van der Waals surface area contributed by atoms with Crippen molar-refractivity contribution in [3.63, 3.8) is 0 Å². The number of hydrogen-bond acceptors (Lipinski definition) is 3. The Labute approximate surface area is 80.8 Å². The van der Waals surface area contributed by atoms with E-state index in [1.54, 1.807) is 0 Å². The molecule has 0 rings (SSSR count). The minimum atomic E-state index is -0.361. The van der Waals surface area contributed by atoms with Crippen molar-refractivity contribution in [2.45, 2.75) is 52.2 Å². The maximum Gasteiger partial charge on any atom is 0.306 e. The Morgan fingerprint density at radius 3 is 2.38 bits per heavy atom. The van der Waals surface area contributed by atoms with E-state index >= 15 is 0 Å². The number of carbonyl (C=O) groups is 1. The third-order valence-corrected chi connectivity index (χ3v) is 1.69. The van der Waals surface area contributed by atoms with Crippen molar-refractivity contribution in [2.75, 3.05) is 7.05 Å². The van der Waals surface area contributed by atoms with Crippen LogP contribution >= 0.6 is 0 Å². The highest BCUT2D eigenvalue weighted by Gasteiger charge is 2.16. The summed E-state index contributed by atoms with van der Waals surface area (Å²) in [5.74, 6) is -0.116. The van der Waals surface area contributed by atoms with Crippen LogP contribution < -0.4 is 5.32 Å². The van der Waals surface area contributed by atoms with Crippen LogP contribution in [0.15, 0.2) is 0 Å². The molecule has 13 heavy (non-hydrogen) atoms. The van der Waals surface area contributed by atoms with E-state index in [0.29, 0.717) is 12.5 Å². The predicted molar refractivity (Wildman–Crippen MR) is 53.6 cm³/mol. The Morgan fingerprint density at radius 2 is 2.00 bits per heavy atom. The molecule has 0 aromatic heterocycles. The molecule has 0 aliphatic rings. The van der Waals surface area contributed by atoms with Crippen LogP contribution in [0.5, 0.6) is 0 Å². The average Bonchev–Trinajstić information content (AvgIpc) is 1.97. The molecule has 0 aromatic carbocycles. The molecular formula is C10H21NO2. The zero-order chi connectivity index (χ0) is 10.5. The topological polar surface area (TPSA) is 38.3 Å². The number of carbonyl (C=O) groups excluding carboxylic acids is 1. The van der Waals surface area contributed by atoms with E-state index in [1.165, 1.54) is 0 Å². The van der Waals surface area contributed by atoms with Crippen LogP contribution in [0.3, 0.4) is 0 Å². The van der Waals surface area contributed by atoms with E-state index in [1.807, 2.05) is 34.7 Å². The van der Waals surface area contributed by atoms with Gasteiger partial charge in [-0.25, -0.2) is 0 Å². The lowest BCUT2D eigenvalue weighted by atomic mass is 10.1. The molecule has 0 spiro atoms. The first-order chi connectivity index (χ1) is 5.85. The second-order valence-corrected chi connectivity index (χ2v) is 4.31. The fourth-order valence-corrected chi connectivity index (χ4v) is 0.871. The second kappa shape index (κ2) is 5.22. The third kappa shape index (κ3) is 7.78. The van der Waals surface area contributed by atoms with Gasteiger partial charge in [-0.1, -0.05) is 0 Å². The molecule has 1 unspecified atom stereocenters. The normalized spacial score (nSPS) is 13.9. The van der Waals surface area contributed by atoms with Gasteiger partial charge in [-0.05, 0) is 41.2 Å². The molecule has 0 fully saturated rings. The van der Waals surface area contributed by atoms with Gasteiger partial charge in [-0.3, -0.25) is 4.79 Å². The van der Waals surface area contributed by atoms with Gasteiger partial charge in [0.25, 0.3) is 0 Å². The molecule has 0 saturated carbocycles. The first-order valence-electron chi connectivity index (χ1n) is 4.74. The second-order valence-electron chi connectivity index (χ2n) is 4.31. The highest BCUT2D eigenvalue weighted by molar-refractivity contribution is 5.69. The molecule has 3 nitrogen and oxygen atoms in total. The summed E-state index contributed by atoms with van der Waals surface area (Å²) in [5, 5.41) is 3.08. The van der Waals surface area contributed by atoms with Crippen LogP contribution in [0, 0.1) is 0 Å². The largest absolute Gasteiger partial charge is 0.460 e. The first kappa shape index (κ1) is 12.4. The van der Waals surface area contributed by atoms with Crippen LogP contribution in [0.25, 0.3) is 0 Å². The monoisotopic (exact) mass is 187 g/mol. The quantitative estimate of drug-likeness (QED) is 0.681. The Bertz CT molecular complexity index is 161. The smallest absolute Gasteiger partial charge is 0.306 e. The van der Waals surface area contributed by atoms with Crippen molar-refractivity contribution in [2.24, 2.45) is 0 Å². The molecule has 78 valence electrons. The van der Waals surface area contributed by atoms with E-state index in [2.05, 4.69) is 5.32 Å². The minimum absolute atomic E-state index is 0.116. The van der Waals surface area contributed by atoms with E-state index in [9.17, 15) is 4.79 Å². The average molecular weight is 187 g/mol. The molecule has 0 bridgehead atoms. The van der Waals surface area contributed by atoms with Gasteiger partial charge in [0.15, 0.2) is 0 Å². The highest BCUT2D eigenvalue weighted by Crippen LogP contribution is 2.09. The van der Waals surface area contributed by atoms with E-state index in [0.717, 1.165) is 6.42 Å².